The Balaban J connectivity index is 0.000000131. The second-order valence-corrected chi connectivity index (χ2v) is 42.1. The van der Waals surface area contributed by atoms with Gasteiger partial charge in [-0.15, -0.1) is 0 Å². The maximum Gasteiger partial charge on any atom is 0.434 e. The molecule has 1 saturated carbocycles. The molecule has 14 aromatic rings. The number of amides is 7. The van der Waals surface area contributed by atoms with E-state index in [9.17, 15) is 51.5 Å². The minimum Gasteiger partial charge on any atom is -0.343 e. The number of benzene rings is 5. The molecule has 6 aliphatic heterocycles. The molecule has 35 heteroatoms. The maximum absolute atomic E-state index is 13.5. The van der Waals surface area contributed by atoms with E-state index in [1.54, 1.807) is 105 Å². The first-order chi connectivity index (χ1) is 71.6. The summed E-state index contributed by atoms with van der Waals surface area (Å²) < 4.78 is 50.9. The van der Waals surface area contributed by atoms with Gasteiger partial charge in [-0.1, -0.05) is 178 Å². The van der Waals surface area contributed by atoms with Crippen LogP contribution in [-0.2, 0) is 83.3 Å². The minimum absolute atomic E-state index is 0.0162. The number of nitrogens with zero attached hydrogens (tertiary/aromatic N) is 23. The summed E-state index contributed by atoms with van der Waals surface area (Å²) in [6, 6.07) is 45.2. The van der Waals surface area contributed by atoms with E-state index in [4.69, 9.17) is 25.0 Å². The van der Waals surface area contributed by atoms with Gasteiger partial charge in [-0.25, -0.2) is 63.9 Å². The average molecular weight is 2020 g/mol. The smallest absolute Gasteiger partial charge is 0.343 e. The lowest BCUT2D eigenvalue weighted by molar-refractivity contribution is -0.141. The molecule has 0 bridgehead atoms. The molecule has 7 amide bonds. The number of carbonyl (C=O) groups is 6. The number of aromatic nitrogens is 17. The number of likely N-dealkylation sites (tertiary alicyclic amines) is 4. The standard InChI is InChI=1S/C32H35N7O2.C30H28F3N7O2.C26H33N5O2.C26H35N5O2/c1-21(2)26-6-4-5-7-27(26)30-34-19-24-18-29(40)38(31(24)35-30)20-22-8-10-25(11-9-22)39-17-14-28(36-39)23-12-15-37(16-13-23)32(41)33-3;1-17(2)26-23(5-4-10-34-26)27-35-12-21-11-25(42)40(29(21)37-27)13-19-6-8-20(9-7-19)28-36-24(30(31,32)33)16-39(28)22-14-38(15-22)18(3)41;1-17(2)20-6-4-5-7-21(20)24-27-15-22-25(28-24)31(26(33)29(22)3)16-19-10-12-30(13-11-19)23(32)14-18-8-9-18;1-17(2)14-23(32)30-12-10-19(11-13-30)16-31-25-22(29(5)26(31)33)15-27-24(28-25)21-9-7-6-8-20(21)18(3)4/h4-11,14,17,19,21,23H,12-13,15-16,18,20H2,1-3H3,(H,33,41);4-10,12,16-17,22H,11,13-15H2,1-3H3;4-7,15,17-19H,8-14,16H2,1-3H3;6-9,15,17-19H,10-14,16H2,1-5H3. The Morgan fingerprint density at radius 1 is 0.470 bits per heavy atom. The first-order valence-electron chi connectivity index (χ1n) is 52.2. The number of fused-ring (bicyclic) bond motifs is 4. The minimum atomic E-state index is -4.60. The number of alkyl halides is 3. The first-order valence-corrected chi connectivity index (χ1v) is 52.2. The number of hydrogen-bond donors (Lipinski definition) is 1. The third-order valence-corrected chi connectivity index (χ3v) is 29.7. The molecule has 776 valence electrons. The highest BCUT2D eigenvalue weighted by atomic mass is 19.4. The van der Waals surface area contributed by atoms with Gasteiger partial charge in [0.2, 0.25) is 29.5 Å². The van der Waals surface area contributed by atoms with Crippen LogP contribution in [0.5, 0.6) is 0 Å². The van der Waals surface area contributed by atoms with Crippen molar-refractivity contribution >= 4 is 69.5 Å². The van der Waals surface area contributed by atoms with Crippen LogP contribution in [0.1, 0.15) is 232 Å². The molecule has 0 atom stereocenters. The molecule has 21 rings (SSSR count). The van der Waals surface area contributed by atoms with Crippen LogP contribution in [0.4, 0.5) is 29.6 Å². The lowest BCUT2D eigenvalue weighted by atomic mass is 9.94. The van der Waals surface area contributed by atoms with Crippen LogP contribution < -0.4 is 26.5 Å². The average Bonchev–Trinajstić information content (AvgIpc) is 1.63. The predicted molar refractivity (Wildman–Crippen MR) is 566 cm³/mol. The Hall–Kier alpha value is -15.1. The van der Waals surface area contributed by atoms with Gasteiger partial charge in [0.1, 0.15) is 28.5 Å². The second kappa shape index (κ2) is 44.5. The highest BCUT2D eigenvalue weighted by Gasteiger charge is 2.41. The van der Waals surface area contributed by atoms with Gasteiger partial charge < -0.3 is 29.5 Å². The molecule has 15 heterocycles. The number of imidazole rings is 3. The van der Waals surface area contributed by atoms with Gasteiger partial charge in [0.25, 0.3) is 0 Å². The molecule has 7 aliphatic rings. The summed E-state index contributed by atoms with van der Waals surface area (Å²) >= 11 is 0. The van der Waals surface area contributed by atoms with E-state index in [1.807, 2.05) is 129 Å². The largest absolute Gasteiger partial charge is 0.434 e. The van der Waals surface area contributed by atoms with Crippen molar-refractivity contribution in [1.29, 1.82) is 0 Å². The third kappa shape index (κ3) is 23.0. The van der Waals surface area contributed by atoms with Gasteiger partial charge in [-0.2, -0.15) is 18.3 Å². The lowest BCUT2D eigenvalue weighted by Crippen LogP contribution is -2.49. The predicted octanol–water partition coefficient (Wildman–Crippen LogP) is 18.3. The van der Waals surface area contributed by atoms with Crippen molar-refractivity contribution in [1.82, 2.24) is 107 Å². The molecular formula is C114H131F3N24O8. The Morgan fingerprint density at radius 2 is 0.919 bits per heavy atom. The van der Waals surface area contributed by atoms with E-state index in [1.165, 1.54) is 41.0 Å². The number of anilines is 2. The van der Waals surface area contributed by atoms with Crippen molar-refractivity contribution in [2.24, 2.45) is 37.8 Å². The van der Waals surface area contributed by atoms with Crippen LogP contribution in [0.25, 0.3) is 85.0 Å². The quantitative estimate of drug-likeness (QED) is 0.0587. The molecule has 5 aromatic carbocycles. The summed E-state index contributed by atoms with van der Waals surface area (Å²) in [5, 5.41) is 7.55. The molecule has 32 nitrogen and oxygen atoms in total. The Labute approximate surface area is 864 Å². The van der Waals surface area contributed by atoms with E-state index in [2.05, 4.69) is 121 Å². The monoisotopic (exact) mass is 2020 g/mol. The van der Waals surface area contributed by atoms with Crippen molar-refractivity contribution in [3.63, 3.8) is 0 Å². The molecule has 1 N–H and O–H groups in total. The molecular weight excluding hydrogens is 1890 g/mol. The SMILES string of the molecule is CC(=O)N1CC(n2cc(C(F)(F)F)nc2-c2ccc(CN3C(=O)Cc4cnc(-c5cccnc5C(C)C)nc43)cc2)C1.CC(C)CC(=O)N1CCC(Cn2c(=O)n(C)c3cnc(-c4ccccc4C(C)C)nc32)CC1.CC(C)c1ccccc1-c1ncc2c(n1)n(CC1CCN(C(=O)CC3CC3)CC1)c(=O)n2C.CNC(=O)N1CCC(c2ccn(-c3ccc(CN4C(=O)Cc5cnc(-c6ccccc6C(C)C)nc54)cc3)n2)CC1. The Kier molecular flexibility index (Phi) is 31.1. The van der Waals surface area contributed by atoms with Crippen LogP contribution in [0.15, 0.2) is 192 Å². The molecule has 1 aliphatic carbocycles. The molecule has 4 saturated heterocycles. The number of aryl methyl sites for hydroxylation is 2. The normalized spacial score (nSPS) is 15.8. The van der Waals surface area contributed by atoms with Gasteiger partial charge in [0.05, 0.1) is 61.4 Å². The summed E-state index contributed by atoms with van der Waals surface area (Å²) in [6.45, 7) is 29.8. The highest BCUT2D eigenvalue weighted by Crippen LogP contribution is 2.42. The van der Waals surface area contributed by atoms with Crippen LogP contribution >= 0.6 is 0 Å². The highest BCUT2D eigenvalue weighted by molar-refractivity contribution is 6.01. The topological polar surface area (TPSA) is 339 Å². The Bertz CT molecular complexity index is 7220. The van der Waals surface area contributed by atoms with E-state index in [0.29, 0.717) is 157 Å². The van der Waals surface area contributed by atoms with Gasteiger partial charge >= 0.3 is 23.6 Å². The van der Waals surface area contributed by atoms with E-state index in [0.717, 1.165) is 157 Å². The van der Waals surface area contributed by atoms with Crippen molar-refractivity contribution in [3.8, 4) is 62.6 Å². The van der Waals surface area contributed by atoms with Crippen molar-refractivity contribution in [2.45, 2.75) is 221 Å². The molecule has 0 unspecified atom stereocenters. The number of piperidine rings is 3. The van der Waals surface area contributed by atoms with Gasteiger partial charge in [0, 0.05) is 182 Å². The molecule has 149 heavy (non-hydrogen) atoms. The summed E-state index contributed by atoms with van der Waals surface area (Å²) in [5.41, 5.74) is 16.0. The zero-order valence-electron chi connectivity index (χ0n) is 87.3. The fraction of sp³-hybridized carbons (Fsp3) is 0.430. The molecule has 9 aromatic heterocycles. The van der Waals surface area contributed by atoms with Crippen molar-refractivity contribution in [3.05, 3.63) is 260 Å². The van der Waals surface area contributed by atoms with E-state index >= 15 is 0 Å². The first kappa shape index (κ1) is 104. The second-order valence-electron chi connectivity index (χ2n) is 42.1. The number of hydrogen-bond acceptors (Lipinski definition) is 19. The van der Waals surface area contributed by atoms with Crippen molar-refractivity contribution in [2.75, 3.05) is 69.2 Å². The number of halogens is 3. The fourth-order valence-electron chi connectivity index (χ4n) is 20.9. The van der Waals surface area contributed by atoms with E-state index < -0.39 is 11.9 Å². The van der Waals surface area contributed by atoms with Crippen LogP contribution in [0.3, 0.4) is 0 Å². The van der Waals surface area contributed by atoms with Crippen LogP contribution in [-0.4, -0.2) is 197 Å². The maximum atomic E-state index is 13.5. The Morgan fingerprint density at radius 3 is 1.38 bits per heavy atom. The zero-order chi connectivity index (χ0) is 105. The number of rotatable bonds is 24. The molecule has 0 spiro atoms. The van der Waals surface area contributed by atoms with Crippen molar-refractivity contribution < 1.29 is 41.9 Å². The van der Waals surface area contributed by atoms with Crippen LogP contribution in [0.2, 0.25) is 0 Å². The zero-order valence-corrected chi connectivity index (χ0v) is 87.3. The van der Waals surface area contributed by atoms with Gasteiger partial charge in [-0.3, -0.25) is 57.0 Å². The van der Waals surface area contributed by atoms with Gasteiger partial charge in [-0.05, 0) is 157 Å². The number of urea groups is 1. The number of nitrogens with one attached hydrogen (secondary N) is 1. The summed E-state index contributed by atoms with van der Waals surface area (Å²) in [5.74, 6) is 7.47. The van der Waals surface area contributed by atoms with Gasteiger partial charge in [0.15, 0.2) is 40.3 Å². The fourth-order valence-corrected chi connectivity index (χ4v) is 20.9. The molecule has 0 radical (unpaired) electrons. The summed E-state index contributed by atoms with van der Waals surface area (Å²) in [6.07, 6.45) is 16.8. The van der Waals surface area contributed by atoms with Crippen LogP contribution in [0, 0.1) is 23.7 Å². The molecule has 5 fully saturated rings. The number of carbonyl (C=O) groups excluding carboxylic acids is 6. The third-order valence-electron chi connectivity index (χ3n) is 29.7. The summed E-state index contributed by atoms with van der Waals surface area (Å²) in [4.78, 5) is 157. The number of pyridine rings is 1. The van der Waals surface area contributed by atoms with E-state index in [-0.39, 0.29) is 71.8 Å². The lowest BCUT2D eigenvalue weighted by Gasteiger charge is -2.39. The summed E-state index contributed by atoms with van der Waals surface area (Å²) in [7, 11) is 5.23.